The molecule has 1 atom stereocenters. The molecule has 102 valence electrons. The maximum Gasteiger partial charge on any atom is 0.161 e. The van der Waals surface area contributed by atoms with Crippen LogP contribution in [0.25, 0.3) is 0 Å². The van der Waals surface area contributed by atoms with Crippen LogP contribution >= 0.6 is 0 Å². The minimum absolute atomic E-state index is 0.252. The lowest BCUT2D eigenvalue weighted by Gasteiger charge is -2.18. The predicted octanol–water partition coefficient (Wildman–Crippen LogP) is 1.74. The van der Waals surface area contributed by atoms with Crippen molar-refractivity contribution in [1.82, 2.24) is 4.90 Å². The average molecular weight is 252 g/mol. The van der Waals surface area contributed by atoms with E-state index in [1.807, 2.05) is 31.2 Å². The summed E-state index contributed by atoms with van der Waals surface area (Å²) in [5.74, 6) is 1.57. The molecule has 1 aromatic carbocycles. The lowest BCUT2D eigenvalue weighted by molar-refractivity contribution is 0.227. The van der Waals surface area contributed by atoms with Gasteiger partial charge in [0.15, 0.2) is 11.5 Å². The third-order valence-corrected chi connectivity index (χ3v) is 2.77. The second-order valence-corrected chi connectivity index (χ2v) is 4.57. The number of rotatable bonds is 8. The van der Waals surface area contributed by atoms with Gasteiger partial charge in [-0.15, -0.1) is 0 Å². The Labute approximate surface area is 110 Å². The number of likely N-dealkylation sites (N-methyl/N-ethyl adjacent to an activating group) is 1. The van der Waals surface area contributed by atoms with Gasteiger partial charge in [0.1, 0.15) is 6.61 Å². The van der Waals surface area contributed by atoms with Crippen molar-refractivity contribution in [3.05, 3.63) is 24.3 Å². The van der Waals surface area contributed by atoms with Crippen molar-refractivity contribution >= 4 is 0 Å². The highest BCUT2D eigenvalue weighted by Gasteiger charge is 2.04. The highest BCUT2D eigenvalue weighted by Crippen LogP contribution is 2.25. The normalized spacial score (nSPS) is 12.5. The van der Waals surface area contributed by atoms with Gasteiger partial charge in [-0.05, 0) is 39.1 Å². The maximum absolute atomic E-state index is 5.72. The summed E-state index contributed by atoms with van der Waals surface area (Å²) in [7, 11) is 3.73. The van der Waals surface area contributed by atoms with Crippen LogP contribution in [0.2, 0.25) is 0 Å². The molecular weight excluding hydrogens is 228 g/mol. The summed E-state index contributed by atoms with van der Waals surface area (Å²) in [6.07, 6.45) is 1.01. The van der Waals surface area contributed by atoms with E-state index in [4.69, 9.17) is 15.2 Å². The van der Waals surface area contributed by atoms with Gasteiger partial charge in [0.05, 0.1) is 7.11 Å². The van der Waals surface area contributed by atoms with Gasteiger partial charge < -0.3 is 20.1 Å². The molecule has 18 heavy (non-hydrogen) atoms. The van der Waals surface area contributed by atoms with Gasteiger partial charge in [0.2, 0.25) is 0 Å². The number of para-hydroxylation sites is 2. The second kappa shape index (κ2) is 7.95. The van der Waals surface area contributed by atoms with E-state index in [0.29, 0.717) is 6.61 Å². The highest BCUT2D eigenvalue weighted by atomic mass is 16.5. The third-order valence-electron chi connectivity index (χ3n) is 2.77. The van der Waals surface area contributed by atoms with Crippen LogP contribution in [0.3, 0.4) is 0 Å². The summed E-state index contributed by atoms with van der Waals surface area (Å²) in [6, 6.07) is 7.94. The fraction of sp³-hybridized carbons (Fsp3) is 0.571. The molecule has 0 aromatic heterocycles. The molecule has 4 heteroatoms. The van der Waals surface area contributed by atoms with E-state index in [1.54, 1.807) is 7.11 Å². The number of benzene rings is 1. The summed E-state index contributed by atoms with van der Waals surface area (Å²) >= 11 is 0. The molecule has 0 fully saturated rings. The fourth-order valence-corrected chi connectivity index (χ4v) is 1.59. The molecule has 0 saturated heterocycles. The Kier molecular flexibility index (Phi) is 6.54. The molecule has 1 aromatic rings. The van der Waals surface area contributed by atoms with Crippen molar-refractivity contribution < 1.29 is 9.47 Å². The minimum atomic E-state index is 0.252. The van der Waals surface area contributed by atoms with Gasteiger partial charge in [-0.2, -0.15) is 0 Å². The lowest BCUT2D eigenvalue weighted by atomic mass is 10.2. The second-order valence-electron chi connectivity index (χ2n) is 4.57. The largest absolute Gasteiger partial charge is 0.493 e. The molecule has 1 rings (SSSR count). The Bertz CT molecular complexity index is 342. The van der Waals surface area contributed by atoms with E-state index in [9.17, 15) is 0 Å². The van der Waals surface area contributed by atoms with Crippen LogP contribution in [0.1, 0.15) is 13.3 Å². The summed E-state index contributed by atoms with van der Waals surface area (Å²) in [5.41, 5.74) is 5.72. The molecule has 2 N–H and O–H groups in total. The van der Waals surface area contributed by atoms with E-state index < -0.39 is 0 Å². The molecule has 0 spiro atoms. The molecule has 0 heterocycles. The highest BCUT2D eigenvalue weighted by molar-refractivity contribution is 5.39. The van der Waals surface area contributed by atoms with Crippen LogP contribution in [-0.2, 0) is 0 Å². The van der Waals surface area contributed by atoms with E-state index in [-0.39, 0.29) is 6.04 Å². The quantitative estimate of drug-likeness (QED) is 0.765. The number of methoxy groups -OCH3 is 1. The van der Waals surface area contributed by atoms with E-state index >= 15 is 0 Å². The van der Waals surface area contributed by atoms with E-state index in [2.05, 4.69) is 11.9 Å². The predicted molar refractivity (Wildman–Crippen MR) is 74.3 cm³/mol. The number of ether oxygens (including phenoxy) is 2. The van der Waals surface area contributed by atoms with Crippen molar-refractivity contribution in [2.75, 3.05) is 33.9 Å². The molecule has 0 amide bonds. The Morgan fingerprint density at radius 1 is 1.22 bits per heavy atom. The molecule has 0 aliphatic carbocycles. The van der Waals surface area contributed by atoms with Gasteiger partial charge in [-0.3, -0.25) is 0 Å². The van der Waals surface area contributed by atoms with Crippen LogP contribution in [0, 0.1) is 0 Å². The Hall–Kier alpha value is -1.26. The van der Waals surface area contributed by atoms with Crippen LogP contribution in [0.5, 0.6) is 11.5 Å². The van der Waals surface area contributed by atoms with Crippen molar-refractivity contribution in [2.24, 2.45) is 5.73 Å². The van der Waals surface area contributed by atoms with E-state index in [0.717, 1.165) is 31.0 Å². The fourth-order valence-electron chi connectivity index (χ4n) is 1.59. The molecular formula is C14H24N2O2. The molecule has 0 bridgehead atoms. The number of nitrogens with zero attached hydrogens (tertiary/aromatic N) is 1. The zero-order chi connectivity index (χ0) is 13.4. The van der Waals surface area contributed by atoms with Crippen molar-refractivity contribution in [1.29, 1.82) is 0 Å². The van der Waals surface area contributed by atoms with Gasteiger partial charge in [0, 0.05) is 12.6 Å². The first-order valence-electron chi connectivity index (χ1n) is 6.33. The topological polar surface area (TPSA) is 47.7 Å². The first kappa shape index (κ1) is 14.8. The summed E-state index contributed by atoms with van der Waals surface area (Å²) < 4.78 is 10.9. The molecule has 4 nitrogen and oxygen atoms in total. The summed E-state index contributed by atoms with van der Waals surface area (Å²) in [5, 5.41) is 0. The van der Waals surface area contributed by atoms with Gasteiger partial charge in [-0.25, -0.2) is 0 Å². The first-order chi connectivity index (χ1) is 8.63. The van der Waals surface area contributed by atoms with Gasteiger partial charge in [0.25, 0.3) is 0 Å². The standard InChI is InChI=1S/C14H24N2O2/c1-12(15)8-9-16(2)10-11-18-14-7-5-4-6-13(14)17-3/h4-7,12H,8-11,15H2,1-3H3. The minimum Gasteiger partial charge on any atom is -0.493 e. The maximum atomic E-state index is 5.72. The molecule has 0 saturated carbocycles. The third kappa shape index (κ3) is 5.38. The molecule has 0 radical (unpaired) electrons. The average Bonchev–Trinajstić information content (AvgIpc) is 2.37. The van der Waals surface area contributed by atoms with Gasteiger partial charge >= 0.3 is 0 Å². The molecule has 0 aliphatic heterocycles. The SMILES string of the molecule is COc1ccccc1OCCN(C)CCC(C)N. The number of hydrogen-bond donors (Lipinski definition) is 1. The zero-order valence-corrected chi connectivity index (χ0v) is 11.6. The van der Waals surface area contributed by atoms with Crippen LogP contribution in [-0.4, -0.2) is 44.8 Å². The molecule has 1 unspecified atom stereocenters. The number of nitrogens with two attached hydrogens (primary N) is 1. The Balaban J connectivity index is 2.28. The van der Waals surface area contributed by atoms with Crippen LogP contribution in [0.4, 0.5) is 0 Å². The summed E-state index contributed by atoms with van der Waals surface area (Å²) in [4.78, 5) is 2.22. The smallest absolute Gasteiger partial charge is 0.161 e. The Morgan fingerprint density at radius 3 is 2.50 bits per heavy atom. The first-order valence-corrected chi connectivity index (χ1v) is 6.33. The van der Waals surface area contributed by atoms with E-state index in [1.165, 1.54) is 0 Å². The Morgan fingerprint density at radius 2 is 1.89 bits per heavy atom. The summed E-state index contributed by atoms with van der Waals surface area (Å²) in [6.45, 7) is 4.55. The van der Waals surface area contributed by atoms with Gasteiger partial charge in [-0.1, -0.05) is 12.1 Å². The van der Waals surface area contributed by atoms with Crippen molar-refractivity contribution in [2.45, 2.75) is 19.4 Å². The lowest BCUT2D eigenvalue weighted by Crippen LogP contribution is -2.29. The van der Waals surface area contributed by atoms with Crippen molar-refractivity contribution in [3.63, 3.8) is 0 Å². The monoisotopic (exact) mass is 252 g/mol. The van der Waals surface area contributed by atoms with Crippen LogP contribution in [0.15, 0.2) is 24.3 Å². The van der Waals surface area contributed by atoms with Crippen LogP contribution < -0.4 is 15.2 Å². The number of hydrogen-bond acceptors (Lipinski definition) is 4. The zero-order valence-electron chi connectivity index (χ0n) is 11.6. The van der Waals surface area contributed by atoms with Crippen molar-refractivity contribution in [3.8, 4) is 11.5 Å². The molecule has 0 aliphatic rings.